The van der Waals surface area contributed by atoms with Crippen LogP contribution in [0, 0.1) is 0 Å². The van der Waals surface area contributed by atoms with Crippen LogP contribution in [0.4, 0.5) is 0 Å². The molecule has 0 amide bonds. The average Bonchev–Trinajstić information content (AvgIpc) is 3.82. The lowest BCUT2D eigenvalue weighted by molar-refractivity contribution is 0.669. The van der Waals surface area contributed by atoms with Gasteiger partial charge in [0.05, 0.1) is 16.7 Å². The van der Waals surface area contributed by atoms with E-state index in [0.717, 1.165) is 77.2 Å². The van der Waals surface area contributed by atoms with Gasteiger partial charge >= 0.3 is 0 Å². The predicted octanol–water partition coefficient (Wildman–Crippen LogP) is 13.8. The van der Waals surface area contributed by atoms with Gasteiger partial charge in [0.15, 0.2) is 17.5 Å². The monoisotopic (exact) mass is 740 g/mol. The zero-order valence-electron chi connectivity index (χ0n) is 31.2. The molecule has 0 aliphatic rings. The molecule has 58 heavy (non-hydrogen) atoms. The van der Waals surface area contributed by atoms with Gasteiger partial charge < -0.3 is 8.98 Å². The van der Waals surface area contributed by atoms with Crippen LogP contribution in [0.15, 0.2) is 199 Å². The second-order valence-electron chi connectivity index (χ2n) is 14.8. The van der Waals surface area contributed by atoms with Crippen LogP contribution in [0.5, 0.6) is 0 Å². The minimum Gasteiger partial charge on any atom is -0.456 e. The van der Waals surface area contributed by atoms with Gasteiger partial charge in [-0.25, -0.2) is 15.0 Å². The van der Waals surface area contributed by atoms with Crippen LogP contribution >= 0.6 is 0 Å². The number of benzene rings is 9. The summed E-state index contributed by atoms with van der Waals surface area (Å²) in [6, 6.07) is 68.1. The van der Waals surface area contributed by atoms with Crippen LogP contribution in [0.25, 0.3) is 116 Å². The van der Waals surface area contributed by atoms with Crippen molar-refractivity contribution in [2.45, 2.75) is 0 Å². The summed E-state index contributed by atoms with van der Waals surface area (Å²) in [5.74, 6) is 1.76. The predicted molar refractivity (Wildman–Crippen MR) is 238 cm³/mol. The summed E-state index contributed by atoms with van der Waals surface area (Å²) >= 11 is 0. The van der Waals surface area contributed by atoms with Crippen LogP contribution in [-0.4, -0.2) is 19.5 Å². The summed E-state index contributed by atoms with van der Waals surface area (Å²) in [5, 5.41) is 9.03. The van der Waals surface area contributed by atoms with E-state index in [1.165, 1.54) is 21.5 Å². The Kier molecular flexibility index (Phi) is 7.16. The first-order valence-electron chi connectivity index (χ1n) is 19.5. The minimum absolute atomic E-state index is 0.559. The van der Waals surface area contributed by atoms with Crippen molar-refractivity contribution in [3.63, 3.8) is 0 Å². The van der Waals surface area contributed by atoms with Crippen molar-refractivity contribution in [1.82, 2.24) is 19.5 Å². The molecule has 3 heterocycles. The van der Waals surface area contributed by atoms with Crippen LogP contribution in [0.2, 0.25) is 0 Å². The highest BCUT2D eigenvalue weighted by Gasteiger charge is 2.23. The van der Waals surface area contributed by atoms with Gasteiger partial charge in [0.25, 0.3) is 0 Å². The van der Waals surface area contributed by atoms with E-state index >= 15 is 0 Å². The van der Waals surface area contributed by atoms with Crippen molar-refractivity contribution in [2.75, 3.05) is 0 Å². The zero-order chi connectivity index (χ0) is 38.2. The Hall–Kier alpha value is -7.89. The molecule has 0 aliphatic carbocycles. The number of para-hydroxylation sites is 2. The van der Waals surface area contributed by atoms with E-state index in [0.29, 0.717) is 17.5 Å². The number of aromatic nitrogens is 4. The molecule has 0 saturated heterocycles. The third-order valence-electron chi connectivity index (χ3n) is 11.4. The molecule has 5 heteroatoms. The van der Waals surface area contributed by atoms with Crippen molar-refractivity contribution in [2.24, 2.45) is 0 Å². The van der Waals surface area contributed by atoms with E-state index in [1.54, 1.807) is 0 Å². The molecule has 0 atom stereocenters. The van der Waals surface area contributed by atoms with Crippen molar-refractivity contribution < 1.29 is 4.42 Å². The van der Waals surface area contributed by atoms with Gasteiger partial charge in [0.2, 0.25) is 0 Å². The molecule has 0 unspecified atom stereocenters. The molecule has 9 aromatic carbocycles. The first kappa shape index (κ1) is 32.4. The number of rotatable bonds is 5. The molecule has 0 bridgehead atoms. The lowest BCUT2D eigenvalue weighted by Gasteiger charge is -2.16. The molecule has 12 aromatic rings. The molecule has 0 fully saturated rings. The fraction of sp³-hybridized carbons (Fsp3) is 0. The molecule has 3 aromatic heterocycles. The SMILES string of the molecule is c1ccc(-c2ccc(-c3nc(-c4cc5oc6ccccc6c5cc4-n4c5ccccc5c5cc6ccccc6cc54)nc(-c4cccc5ccccc45)n3)cc2)cc1. The number of furan rings is 1. The quantitative estimate of drug-likeness (QED) is 0.176. The Morgan fingerprint density at radius 2 is 0.931 bits per heavy atom. The number of hydrogen-bond donors (Lipinski definition) is 0. The Bertz CT molecular complexity index is 3560. The lowest BCUT2D eigenvalue weighted by atomic mass is 10.0. The van der Waals surface area contributed by atoms with Gasteiger partial charge in [-0.05, 0) is 69.1 Å². The van der Waals surface area contributed by atoms with E-state index in [2.05, 4.69) is 180 Å². The van der Waals surface area contributed by atoms with Crippen LogP contribution < -0.4 is 0 Å². The first-order valence-corrected chi connectivity index (χ1v) is 19.5. The van der Waals surface area contributed by atoms with E-state index in [4.69, 9.17) is 19.4 Å². The van der Waals surface area contributed by atoms with E-state index < -0.39 is 0 Å². The van der Waals surface area contributed by atoms with E-state index in [1.807, 2.05) is 18.2 Å². The average molecular weight is 741 g/mol. The number of fused-ring (bicyclic) bond motifs is 8. The Labute approximate surface area is 333 Å². The topological polar surface area (TPSA) is 56.7 Å². The van der Waals surface area contributed by atoms with Gasteiger partial charge in [-0.3, -0.25) is 0 Å². The maximum absolute atomic E-state index is 6.58. The van der Waals surface area contributed by atoms with Crippen LogP contribution in [0.3, 0.4) is 0 Å². The smallest absolute Gasteiger partial charge is 0.166 e. The molecule has 12 rings (SSSR count). The third-order valence-corrected chi connectivity index (χ3v) is 11.4. The number of nitrogens with zero attached hydrogens (tertiary/aromatic N) is 4. The Balaban J connectivity index is 1.17. The van der Waals surface area contributed by atoms with Crippen LogP contribution in [-0.2, 0) is 0 Å². The Morgan fingerprint density at radius 1 is 0.328 bits per heavy atom. The maximum Gasteiger partial charge on any atom is 0.166 e. The largest absolute Gasteiger partial charge is 0.456 e. The van der Waals surface area contributed by atoms with Gasteiger partial charge in [-0.15, -0.1) is 0 Å². The summed E-state index contributed by atoms with van der Waals surface area (Å²) in [5.41, 5.74) is 9.74. The normalized spacial score (nSPS) is 11.8. The fourth-order valence-electron chi connectivity index (χ4n) is 8.65. The van der Waals surface area contributed by atoms with Crippen molar-refractivity contribution in [1.29, 1.82) is 0 Å². The van der Waals surface area contributed by atoms with Crippen molar-refractivity contribution in [3.05, 3.63) is 194 Å². The maximum atomic E-state index is 6.58. The molecule has 0 spiro atoms. The Morgan fingerprint density at radius 3 is 1.76 bits per heavy atom. The van der Waals surface area contributed by atoms with Crippen LogP contribution in [0.1, 0.15) is 0 Å². The highest BCUT2D eigenvalue weighted by atomic mass is 16.3. The zero-order valence-corrected chi connectivity index (χ0v) is 31.2. The first-order chi connectivity index (χ1) is 28.7. The number of hydrogen-bond acceptors (Lipinski definition) is 4. The highest BCUT2D eigenvalue weighted by molar-refractivity contribution is 6.15. The molecule has 0 saturated carbocycles. The van der Waals surface area contributed by atoms with Gasteiger partial charge in [0.1, 0.15) is 11.2 Å². The summed E-state index contributed by atoms with van der Waals surface area (Å²) in [4.78, 5) is 15.9. The summed E-state index contributed by atoms with van der Waals surface area (Å²) < 4.78 is 8.96. The summed E-state index contributed by atoms with van der Waals surface area (Å²) in [6.07, 6.45) is 0. The molecular formula is C53H32N4O. The highest BCUT2D eigenvalue weighted by Crippen LogP contribution is 2.42. The molecule has 5 nitrogen and oxygen atoms in total. The van der Waals surface area contributed by atoms with E-state index in [-0.39, 0.29) is 0 Å². The second-order valence-corrected chi connectivity index (χ2v) is 14.8. The third kappa shape index (κ3) is 5.14. The second kappa shape index (κ2) is 12.8. The van der Waals surface area contributed by atoms with Gasteiger partial charge in [-0.2, -0.15) is 0 Å². The lowest BCUT2D eigenvalue weighted by Crippen LogP contribution is -2.04. The summed E-state index contributed by atoms with van der Waals surface area (Å²) in [7, 11) is 0. The molecule has 0 aliphatic heterocycles. The van der Waals surface area contributed by atoms with Crippen molar-refractivity contribution >= 4 is 65.3 Å². The minimum atomic E-state index is 0.559. The van der Waals surface area contributed by atoms with Gasteiger partial charge in [-0.1, -0.05) is 158 Å². The van der Waals surface area contributed by atoms with Crippen molar-refractivity contribution in [3.8, 4) is 51.0 Å². The molecule has 270 valence electrons. The molecular weight excluding hydrogens is 709 g/mol. The standard InChI is InChI=1S/C53H32N4O/c1-2-13-33(14-3-1)34-25-27-36(28-26-34)51-54-52(42-22-12-18-35-15-6-7-19-39(35)42)56-53(55-51)45-32-50-44(41-21-9-11-24-49(41)58-50)31-48(45)57-46-23-10-8-20-40(46)43-29-37-16-4-5-17-38(37)30-47(43)57/h1-32H. The van der Waals surface area contributed by atoms with Gasteiger partial charge in [0, 0.05) is 38.2 Å². The molecule has 0 N–H and O–H groups in total. The molecule has 0 radical (unpaired) electrons. The van der Waals surface area contributed by atoms with E-state index in [9.17, 15) is 0 Å². The fourth-order valence-corrected chi connectivity index (χ4v) is 8.65. The summed E-state index contributed by atoms with van der Waals surface area (Å²) in [6.45, 7) is 0.